The van der Waals surface area contributed by atoms with Crippen molar-refractivity contribution in [2.75, 3.05) is 18.5 Å². The second kappa shape index (κ2) is 6.94. The molecule has 0 unspecified atom stereocenters. The Hall–Kier alpha value is -1.55. The van der Waals surface area contributed by atoms with Crippen molar-refractivity contribution in [3.63, 3.8) is 0 Å². The van der Waals surface area contributed by atoms with E-state index in [0.29, 0.717) is 13.0 Å². The van der Waals surface area contributed by atoms with Gasteiger partial charge in [0.05, 0.1) is 0 Å². The van der Waals surface area contributed by atoms with Crippen LogP contribution in [0.5, 0.6) is 5.75 Å². The van der Waals surface area contributed by atoms with Gasteiger partial charge in [-0.25, -0.2) is 0 Å². The van der Waals surface area contributed by atoms with Gasteiger partial charge in [-0.05, 0) is 38.9 Å². The first kappa shape index (κ1) is 15.8. The lowest BCUT2D eigenvalue weighted by atomic mass is 9.79. The molecule has 21 heavy (non-hydrogen) atoms. The fourth-order valence-electron chi connectivity index (χ4n) is 3.29. The second-order valence-corrected chi connectivity index (χ2v) is 5.93. The minimum Gasteiger partial charge on any atom is -0.508 e. The van der Waals surface area contributed by atoms with Crippen LogP contribution >= 0.6 is 0 Å². The molecule has 0 heterocycles. The van der Waals surface area contributed by atoms with Gasteiger partial charge in [0.1, 0.15) is 5.75 Å². The maximum atomic E-state index is 12.7. The summed E-state index contributed by atoms with van der Waals surface area (Å²) in [5.41, 5.74) is 0.712. The number of aromatic hydroxyl groups is 1. The first-order chi connectivity index (χ1) is 10.1. The molecule has 0 aliphatic heterocycles. The molecule has 0 atom stereocenters. The zero-order valence-electron chi connectivity index (χ0n) is 13.1. The molecule has 2 rings (SSSR count). The number of hydrogen-bond donors (Lipinski definition) is 2. The standard InChI is InChI=1S/C17H26N2O2/c1-3-19(14-8-7-9-15(20)12-14)16(21)13-17(18-2)10-5-4-6-11-17/h7-9,12,18,20H,3-6,10-11,13H2,1-2H3. The summed E-state index contributed by atoms with van der Waals surface area (Å²) in [5, 5.41) is 13.0. The molecule has 1 fully saturated rings. The summed E-state index contributed by atoms with van der Waals surface area (Å²) in [7, 11) is 1.96. The molecule has 1 amide bonds. The lowest BCUT2D eigenvalue weighted by Gasteiger charge is -2.38. The number of phenols is 1. The van der Waals surface area contributed by atoms with E-state index in [1.165, 1.54) is 19.3 Å². The van der Waals surface area contributed by atoms with Crippen LogP contribution in [0.25, 0.3) is 0 Å². The number of nitrogens with zero attached hydrogens (tertiary/aromatic N) is 1. The molecular weight excluding hydrogens is 264 g/mol. The molecule has 1 aliphatic rings. The monoisotopic (exact) mass is 290 g/mol. The van der Waals surface area contributed by atoms with Crippen LogP contribution < -0.4 is 10.2 Å². The molecular formula is C17H26N2O2. The van der Waals surface area contributed by atoms with E-state index >= 15 is 0 Å². The normalized spacial score (nSPS) is 17.4. The average molecular weight is 290 g/mol. The van der Waals surface area contributed by atoms with Crippen LogP contribution in [-0.4, -0.2) is 30.1 Å². The first-order valence-electron chi connectivity index (χ1n) is 7.88. The van der Waals surface area contributed by atoms with E-state index in [9.17, 15) is 9.90 Å². The third kappa shape index (κ3) is 3.76. The van der Waals surface area contributed by atoms with Crippen molar-refractivity contribution in [2.24, 2.45) is 0 Å². The van der Waals surface area contributed by atoms with Crippen molar-refractivity contribution in [3.8, 4) is 5.75 Å². The fourth-order valence-corrected chi connectivity index (χ4v) is 3.29. The van der Waals surface area contributed by atoms with Gasteiger partial charge >= 0.3 is 0 Å². The molecule has 116 valence electrons. The summed E-state index contributed by atoms with van der Waals surface area (Å²) in [6.07, 6.45) is 6.28. The highest BCUT2D eigenvalue weighted by Gasteiger charge is 2.34. The van der Waals surface area contributed by atoms with Crippen molar-refractivity contribution in [1.29, 1.82) is 0 Å². The maximum Gasteiger partial charge on any atom is 0.228 e. The summed E-state index contributed by atoms with van der Waals surface area (Å²) >= 11 is 0. The van der Waals surface area contributed by atoms with Crippen molar-refractivity contribution >= 4 is 11.6 Å². The number of nitrogens with one attached hydrogen (secondary N) is 1. The van der Waals surface area contributed by atoms with Gasteiger partial charge < -0.3 is 15.3 Å². The van der Waals surface area contributed by atoms with Gasteiger partial charge in [-0.3, -0.25) is 4.79 Å². The number of phenolic OH excluding ortho intramolecular Hbond substituents is 1. The zero-order chi connectivity index (χ0) is 15.3. The summed E-state index contributed by atoms with van der Waals surface area (Å²) in [6.45, 7) is 2.58. The van der Waals surface area contributed by atoms with E-state index in [2.05, 4.69) is 5.32 Å². The predicted molar refractivity (Wildman–Crippen MR) is 85.6 cm³/mol. The fraction of sp³-hybridized carbons (Fsp3) is 0.588. The summed E-state index contributed by atoms with van der Waals surface area (Å²) in [6, 6.07) is 6.91. The molecule has 1 aromatic carbocycles. The van der Waals surface area contributed by atoms with Crippen LogP contribution in [0.2, 0.25) is 0 Å². The molecule has 1 aromatic rings. The number of rotatable bonds is 5. The van der Waals surface area contributed by atoms with Crippen molar-refractivity contribution < 1.29 is 9.90 Å². The van der Waals surface area contributed by atoms with Gasteiger partial charge in [0.25, 0.3) is 0 Å². The molecule has 0 aromatic heterocycles. The average Bonchev–Trinajstić information content (AvgIpc) is 2.49. The summed E-state index contributed by atoms with van der Waals surface area (Å²) < 4.78 is 0. The summed E-state index contributed by atoms with van der Waals surface area (Å²) in [4.78, 5) is 14.5. The molecule has 1 saturated carbocycles. The Balaban J connectivity index is 2.12. The topological polar surface area (TPSA) is 52.6 Å². The number of carbonyl (C=O) groups is 1. The SMILES string of the molecule is CCN(C(=O)CC1(NC)CCCCC1)c1cccc(O)c1. The van der Waals surface area contributed by atoms with Gasteiger partial charge in [0.2, 0.25) is 5.91 Å². The molecule has 1 aliphatic carbocycles. The van der Waals surface area contributed by atoms with Crippen molar-refractivity contribution in [1.82, 2.24) is 5.32 Å². The molecule has 0 radical (unpaired) electrons. The lowest BCUT2D eigenvalue weighted by molar-refractivity contribution is -0.120. The van der Waals surface area contributed by atoms with E-state index < -0.39 is 0 Å². The van der Waals surface area contributed by atoms with Gasteiger partial charge in [-0.2, -0.15) is 0 Å². The van der Waals surface area contributed by atoms with E-state index in [1.54, 1.807) is 23.1 Å². The Morgan fingerprint density at radius 3 is 2.62 bits per heavy atom. The third-order valence-corrected chi connectivity index (χ3v) is 4.59. The van der Waals surface area contributed by atoms with E-state index in [1.807, 2.05) is 20.0 Å². The second-order valence-electron chi connectivity index (χ2n) is 5.93. The first-order valence-corrected chi connectivity index (χ1v) is 7.88. The number of hydrogen-bond acceptors (Lipinski definition) is 3. The van der Waals surface area contributed by atoms with Crippen molar-refractivity contribution in [3.05, 3.63) is 24.3 Å². The zero-order valence-corrected chi connectivity index (χ0v) is 13.1. The quantitative estimate of drug-likeness (QED) is 0.876. The highest BCUT2D eigenvalue weighted by molar-refractivity contribution is 5.94. The molecule has 0 spiro atoms. The Morgan fingerprint density at radius 1 is 1.33 bits per heavy atom. The maximum absolute atomic E-state index is 12.7. The highest BCUT2D eigenvalue weighted by atomic mass is 16.3. The number of amides is 1. The number of anilines is 1. The minimum absolute atomic E-state index is 0.0560. The highest BCUT2D eigenvalue weighted by Crippen LogP contribution is 2.32. The van der Waals surface area contributed by atoms with Crippen LogP contribution in [0.4, 0.5) is 5.69 Å². The molecule has 0 bridgehead atoms. The third-order valence-electron chi connectivity index (χ3n) is 4.59. The van der Waals surface area contributed by atoms with Gasteiger partial charge in [0.15, 0.2) is 0 Å². The Bertz CT molecular complexity index is 481. The smallest absolute Gasteiger partial charge is 0.228 e. The van der Waals surface area contributed by atoms with Crippen LogP contribution in [0, 0.1) is 0 Å². The van der Waals surface area contributed by atoms with E-state index in [0.717, 1.165) is 18.5 Å². The van der Waals surface area contributed by atoms with E-state index in [4.69, 9.17) is 0 Å². The van der Waals surface area contributed by atoms with Crippen LogP contribution in [0.1, 0.15) is 45.4 Å². The Labute approximate surface area is 127 Å². The van der Waals surface area contributed by atoms with E-state index in [-0.39, 0.29) is 17.2 Å². The van der Waals surface area contributed by atoms with Crippen LogP contribution in [-0.2, 0) is 4.79 Å². The van der Waals surface area contributed by atoms with Crippen LogP contribution in [0.15, 0.2) is 24.3 Å². The number of benzene rings is 1. The largest absolute Gasteiger partial charge is 0.508 e. The number of carbonyl (C=O) groups excluding carboxylic acids is 1. The molecule has 4 nitrogen and oxygen atoms in total. The van der Waals surface area contributed by atoms with Gasteiger partial charge in [0, 0.05) is 30.3 Å². The minimum atomic E-state index is -0.0560. The molecule has 2 N–H and O–H groups in total. The molecule has 0 saturated heterocycles. The van der Waals surface area contributed by atoms with Gasteiger partial charge in [-0.15, -0.1) is 0 Å². The predicted octanol–water partition coefficient (Wildman–Crippen LogP) is 3.06. The Morgan fingerprint density at radius 2 is 2.05 bits per heavy atom. The molecule has 4 heteroatoms. The summed E-state index contributed by atoms with van der Waals surface area (Å²) in [5.74, 6) is 0.319. The van der Waals surface area contributed by atoms with Crippen molar-refractivity contribution in [2.45, 2.75) is 51.0 Å². The van der Waals surface area contributed by atoms with Crippen LogP contribution in [0.3, 0.4) is 0 Å². The Kier molecular flexibility index (Phi) is 5.23. The van der Waals surface area contributed by atoms with Gasteiger partial charge in [-0.1, -0.05) is 25.3 Å². The lowest BCUT2D eigenvalue weighted by Crippen LogP contribution is -2.49.